The predicted octanol–water partition coefficient (Wildman–Crippen LogP) is 0.764. The van der Waals surface area contributed by atoms with Crippen LogP contribution in [0.5, 0.6) is 0 Å². The Morgan fingerprint density at radius 2 is 1.94 bits per heavy atom. The van der Waals surface area contributed by atoms with E-state index in [0.29, 0.717) is 19.6 Å². The van der Waals surface area contributed by atoms with E-state index in [2.05, 4.69) is 5.32 Å². The summed E-state index contributed by atoms with van der Waals surface area (Å²) in [5, 5.41) is 2.23. The van der Waals surface area contributed by atoms with Gasteiger partial charge < -0.3 is 4.74 Å². The zero-order valence-corrected chi connectivity index (χ0v) is 11.1. The third kappa shape index (κ3) is 3.29. The molecule has 0 aromatic carbocycles. The maximum Gasteiger partial charge on any atom is 0.330 e. The summed E-state index contributed by atoms with van der Waals surface area (Å²) in [5.41, 5.74) is 0. The Morgan fingerprint density at radius 1 is 1.28 bits per heavy atom. The summed E-state index contributed by atoms with van der Waals surface area (Å²) in [5.74, 6) is -1.76. The van der Waals surface area contributed by atoms with E-state index >= 15 is 0 Å². The number of carbonyl (C=O) groups is 3. The molecular weight excluding hydrogens is 236 g/mol. The summed E-state index contributed by atoms with van der Waals surface area (Å²) < 4.78 is 4.90. The van der Waals surface area contributed by atoms with Gasteiger partial charge in [0.1, 0.15) is 5.92 Å². The fourth-order valence-electron chi connectivity index (χ4n) is 1.95. The van der Waals surface area contributed by atoms with Crippen LogP contribution in [0.2, 0.25) is 0 Å². The molecule has 1 rings (SSSR count). The monoisotopic (exact) mass is 256 g/mol. The number of barbiturate groups is 1. The van der Waals surface area contributed by atoms with E-state index in [-0.39, 0.29) is 5.92 Å². The van der Waals surface area contributed by atoms with Gasteiger partial charge in [0.2, 0.25) is 11.8 Å². The first-order valence-electron chi connectivity index (χ1n) is 6.14. The predicted molar refractivity (Wildman–Crippen MR) is 64.7 cm³/mol. The summed E-state index contributed by atoms with van der Waals surface area (Å²) in [6.07, 6.45) is 1.44. The summed E-state index contributed by atoms with van der Waals surface area (Å²) in [6.45, 7) is 4.50. The van der Waals surface area contributed by atoms with Crippen LogP contribution in [0.1, 0.15) is 26.7 Å². The summed E-state index contributed by atoms with van der Waals surface area (Å²) in [6, 6.07) is -0.612. The second-order valence-electron chi connectivity index (χ2n) is 4.71. The number of imide groups is 2. The van der Waals surface area contributed by atoms with Crippen molar-refractivity contribution in [3.8, 4) is 0 Å². The van der Waals surface area contributed by atoms with Gasteiger partial charge in [0.05, 0.1) is 0 Å². The summed E-state index contributed by atoms with van der Waals surface area (Å²) in [7, 11) is 1.60. The van der Waals surface area contributed by atoms with Gasteiger partial charge in [-0.05, 0) is 18.8 Å². The molecule has 0 radical (unpaired) electrons. The minimum absolute atomic E-state index is 0.118. The number of carbonyl (C=O) groups excluding carboxylic acids is 3. The maximum atomic E-state index is 12.1. The second kappa shape index (κ2) is 6.49. The molecule has 1 heterocycles. The van der Waals surface area contributed by atoms with Gasteiger partial charge in [-0.3, -0.25) is 19.8 Å². The molecule has 102 valence electrons. The minimum Gasteiger partial charge on any atom is -0.385 e. The van der Waals surface area contributed by atoms with Crippen LogP contribution in [0.3, 0.4) is 0 Å². The van der Waals surface area contributed by atoms with Gasteiger partial charge in [-0.1, -0.05) is 13.8 Å². The number of unbranched alkanes of at least 4 members (excludes halogenated alkanes) is 1. The van der Waals surface area contributed by atoms with Crippen molar-refractivity contribution in [1.29, 1.82) is 0 Å². The number of nitrogens with one attached hydrogen (secondary N) is 1. The Balaban J connectivity index is 2.63. The van der Waals surface area contributed by atoms with Crippen LogP contribution < -0.4 is 5.32 Å². The average Bonchev–Trinajstić information content (AvgIpc) is 2.26. The van der Waals surface area contributed by atoms with E-state index in [9.17, 15) is 14.4 Å². The number of amides is 4. The molecule has 0 spiro atoms. The molecule has 4 amide bonds. The van der Waals surface area contributed by atoms with Gasteiger partial charge in [-0.2, -0.15) is 0 Å². The van der Waals surface area contributed by atoms with Crippen LogP contribution in [0.25, 0.3) is 0 Å². The van der Waals surface area contributed by atoms with Crippen LogP contribution in [-0.2, 0) is 14.3 Å². The quantitative estimate of drug-likeness (QED) is 0.562. The maximum absolute atomic E-state index is 12.1. The van der Waals surface area contributed by atoms with Crippen molar-refractivity contribution in [3.05, 3.63) is 0 Å². The number of hydrogen-bond acceptors (Lipinski definition) is 4. The van der Waals surface area contributed by atoms with Crippen LogP contribution in [0.4, 0.5) is 4.79 Å². The third-order valence-electron chi connectivity index (χ3n) is 2.94. The fraction of sp³-hybridized carbons (Fsp3) is 0.750. The minimum atomic E-state index is -0.759. The third-order valence-corrected chi connectivity index (χ3v) is 2.94. The lowest BCUT2D eigenvalue weighted by molar-refractivity contribution is -0.144. The van der Waals surface area contributed by atoms with Gasteiger partial charge in [0.15, 0.2) is 0 Å². The van der Waals surface area contributed by atoms with Crippen molar-refractivity contribution in [1.82, 2.24) is 10.2 Å². The molecule has 0 aromatic heterocycles. The lowest BCUT2D eigenvalue weighted by atomic mass is 9.92. The highest BCUT2D eigenvalue weighted by Gasteiger charge is 2.41. The first-order chi connectivity index (χ1) is 8.49. The van der Waals surface area contributed by atoms with Crippen LogP contribution in [0, 0.1) is 11.8 Å². The molecule has 0 bridgehead atoms. The number of rotatable bonds is 6. The second-order valence-corrected chi connectivity index (χ2v) is 4.71. The van der Waals surface area contributed by atoms with E-state index in [0.717, 1.165) is 11.3 Å². The van der Waals surface area contributed by atoms with Crippen molar-refractivity contribution in [3.63, 3.8) is 0 Å². The summed E-state index contributed by atoms with van der Waals surface area (Å²) in [4.78, 5) is 36.4. The SMILES string of the molecule is COCCCCN1C(=O)NC(=O)C(C(C)C)C1=O. The van der Waals surface area contributed by atoms with Crippen molar-refractivity contribution in [2.75, 3.05) is 20.3 Å². The van der Waals surface area contributed by atoms with E-state index in [1.165, 1.54) is 0 Å². The van der Waals surface area contributed by atoms with Crippen molar-refractivity contribution < 1.29 is 19.1 Å². The highest BCUT2D eigenvalue weighted by Crippen LogP contribution is 2.19. The van der Waals surface area contributed by atoms with Gasteiger partial charge >= 0.3 is 6.03 Å². The molecule has 1 unspecified atom stereocenters. The molecule has 1 saturated heterocycles. The standard InChI is InChI=1S/C12H20N2O4/c1-8(2)9-10(15)13-12(17)14(11(9)16)6-4-5-7-18-3/h8-9H,4-7H2,1-3H3,(H,13,15,17). The smallest absolute Gasteiger partial charge is 0.330 e. The lowest BCUT2D eigenvalue weighted by Gasteiger charge is -2.31. The van der Waals surface area contributed by atoms with Crippen molar-refractivity contribution in [2.24, 2.45) is 11.8 Å². The molecule has 1 atom stereocenters. The Hall–Kier alpha value is -1.43. The molecule has 1 N–H and O–H groups in total. The number of methoxy groups -OCH3 is 1. The van der Waals surface area contributed by atoms with Gasteiger partial charge in [-0.25, -0.2) is 4.79 Å². The van der Waals surface area contributed by atoms with E-state index in [1.807, 2.05) is 0 Å². The van der Waals surface area contributed by atoms with Gasteiger partial charge in [-0.15, -0.1) is 0 Å². The van der Waals surface area contributed by atoms with E-state index in [1.54, 1.807) is 21.0 Å². The van der Waals surface area contributed by atoms with E-state index < -0.39 is 23.8 Å². The topological polar surface area (TPSA) is 75.7 Å². The van der Waals surface area contributed by atoms with E-state index in [4.69, 9.17) is 4.74 Å². The highest BCUT2D eigenvalue weighted by atomic mass is 16.5. The molecule has 18 heavy (non-hydrogen) atoms. The average molecular weight is 256 g/mol. The zero-order chi connectivity index (χ0) is 13.7. The Kier molecular flexibility index (Phi) is 5.27. The first kappa shape index (κ1) is 14.6. The van der Waals surface area contributed by atoms with Crippen molar-refractivity contribution in [2.45, 2.75) is 26.7 Å². The Labute approximate surface area is 107 Å². The molecular formula is C12H20N2O4. The van der Waals surface area contributed by atoms with Crippen LogP contribution >= 0.6 is 0 Å². The number of ether oxygens (including phenoxy) is 1. The van der Waals surface area contributed by atoms with Gasteiger partial charge in [0, 0.05) is 20.3 Å². The normalized spacial score (nSPS) is 20.6. The van der Waals surface area contributed by atoms with Crippen LogP contribution in [0.15, 0.2) is 0 Å². The van der Waals surface area contributed by atoms with Crippen LogP contribution in [-0.4, -0.2) is 43.0 Å². The first-order valence-corrected chi connectivity index (χ1v) is 6.14. The van der Waals surface area contributed by atoms with Gasteiger partial charge in [0.25, 0.3) is 0 Å². The molecule has 0 saturated carbocycles. The molecule has 0 aromatic rings. The highest BCUT2D eigenvalue weighted by molar-refractivity contribution is 6.16. The fourth-order valence-corrected chi connectivity index (χ4v) is 1.95. The Morgan fingerprint density at radius 3 is 2.50 bits per heavy atom. The number of hydrogen-bond donors (Lipinski definition) is 1. The Bertz CT molecular complexity index is 341. The van der Waals surface area contributed by atoms with Crippen molar-refractivity contribution >= 4 is 17.8 Å². The number of nitrogens with zero attached hydrogens (tertiary/aromatic N) is 1. The lowest BCUT2D eigenvalue weighted by Crippen LogP contribution is -2.59. The number of urea groups is 1. The molecule has 6 nitrogen and oxygen atoms in total. The molecule has 1 aliphatic rings. The zero-order valence-electron chi connectivity index (χ0n) is 11.1. The molecule has 1 aliphatic heterocycles. The molecule has 0 aliphatic carbocycles. The molecule has 1 fully saturated rings. The summed E-state index contributed by atoms with van der Waals surface area (Å²) >= 11 is 0. The largest absolute Gasteiger partial charge is 0.385 e. The molecule has 6 heteroatoms.